The summed E-state index contributed by atoms with van der Waals surface area (Å²) >= 11 is 0. The van der Waals surface area contributed by atoms with Gasteiger partial charge < -0.3 is 5.11 Å². The van der Waals surface area contributed by atoms with Crippen LogP contribution in [0.2, 0.25) is 0 Å². The van der Waals surface area contributed by atoms with Crippen molar-refractivity contribution >= 4 is 17.1 Å². The van der Waals surface area contributed by atoms with E-state index in [0.29, 0.717) is 17.2 Å². The van der Waals surface area contributed by atoms with E-state index in [2.05, 4.69) is 15.1 Å². The summed E-state index contributed by atoms with van der Waals surface area (Å²) in [6, 6.07) is 0.405. The minimum absolute atomic E-state index is 0.0411. The van der Waals surface area contributed by atoms with Crippen molar-refractivity contribution in [3.05, 3.63) is 18.1 Å². The van der Waals surface area contributed by atoms with Crippen molar-refractivity contribution in [1.82, 2.24) is 19.7 Å². The molecule has 1 N–H and O–H groups in total. The largest absolute Gasteiger partial charge is 0.476 e. The molecule has 0 spiro atoms. The molecule has 16 heavy (non-hydrogen) atoms. The van der Waals surface area contributed by atoms with Gasteiger partial charge in [0.2, 0.25) is 0 Å². The molecule has 0 atom stereocenters. The van der Waals surface area contributed by atoms with E-state index in [1.807, 2.05) is 4.68 Å². The number of fused-ring (bicyclic) bond motifs is 1. The van der Waals surface area contributed by atoms with Crippen LogP contribution in [0.25, 0.3) is 11.2 Å². The van der Waals surface area contributed by atoms with Crippen LogP contribution in [0.5, 0.6) is 0 Å². The molecule has 6 nitrogen and oxygen atoms in total. The van der Waals surface area contributed by atoms with Crippen LogP contribution in [0, 0.1) is 0 Å². The maximum atomic E-state index is 10.7. The first-order chi connectivity index (χ1) is 7.75. The number of aromatic nitrogens is 4. The fourth-order valence-electron chi connectivity index (χ4n) is 1.83. The lowest BCUT2D eigenvalue weighted by Crippen LogP contribution is -2.18. The Labute approximate surface area is 90.9 Å². The van der Waals surface area contributed by atoms with Gasteiger partial charge in [-0.25, -0.2) is 19.4 Å². The van der Waals surface area contributed by atoms with Gasteiger partial charge in [-0.15, -0.1) is 0 Å². The minimum Gasteiger partial charge on any atom is -0.476 e. The predicted octanol–water partition coefficient (Wildman–Crippen LogP) is 1.25. The van der Waals surface area contributed by atoms with E-state index in [4.69, 9.17) is 5.11 Å². The first-order valence-corrected chi connectivity index (χ1v) is 5.19. The van der Waals surface area contributed by atoms with Gasteiger partial charge in [0.05, 0.1) is 18.4 Å². The lowest BCUT2D eigenvalue weighted by Gasteiger charge is -2.25. The van der Waals surface area contributed by atoms with Crippen molar-refractivity contribution in [1.29, 1.82) is 0 Å². The van der Waals surface area contributed by atoms with E-state index in [1.165, 1.54) is 12.6 Å². The maximum absolute atomic E-state index is 10.7. The first-order valence-electron chi connectivity index (χ1n) is 5.19. The third-order valence-corrected chi connectivity index (χ3v) is 2.94. The van der Waals surface area contributed by atoms with Crippen LogP contribution in [0.3, 0.4) is 0 Å². The molecule has 0 bridgehead atoms. The highest BCUT2D eigenvalue weighted by atomic mass is 16.4. The third-order valence-electron chi connectivity index (χ3n) is 2.94. The lowest BCUT2D eigenvalue weighted by atomic mass is 9.93. The van der Waals surface area contributed by atoms with Crippen molar-refractivity contribution in [2.24, 2.45) is 0 Å². The van der Waals surface area contributed by atoms with Gasteiger partial charge in [0, 0.05) is 0 Å². The summed E-state index contributed by atoms with van der Waals surface area (Å²) in [5.74, 6) is -1.06. The normalized spacial score (nSPS) is 16.2. The number of carboxylic acid groups (broad SMARTS) is 1. The molecule has 1 aliphatic rings. The smallest absolute Gasteiger partial charge is 0.356 e. The Morgan fingerprint density at radius 1 is 1.44 bits per heavy atom. The molecule has 1 aliphatic carbocycles. The van der Waals surface area contributed by atoms with Crippen LogP contribution in [-0.4, -0.2) is 30.8 Å². The van der Waals surface area contributed by atoms with Crippen molar-refractivity contribution in [2.45, 2.75) is 25.3 Å². The van der Waals surface area contributed by atoms with Crippen molar-refractivity contribution in [3.8, 4) is 0 Å². The molecule has 0 aliphatic heterocycles. The van der Waals surface area contributed by atoms with Crippen molar-refractivity contribution < 1.29 is 9.90 Å². The fourth-order valence-corrected chi connectivity index (χ4v) is 1.83. The Morgan fingerprint density at radius 3 is 2.88 bits per heavy atom. The summed E-state index contributed by atoms with van der Waals surface area (Å²) in [4.78, 5) is 18.8. The molecule has 1 saturated carbocycles. The summed E-state index contributed by atoms with van der Waals surface area (Å²) < 4.78 is 1.84. The Bertz CT molecular complexity index is 559. The molecule has 6 heteroatoms. The van der Waals surface area contributed by atoms with E-state index in [-0.39, 0.29) is 5.69 Å². The average Bonchev–Trinajstić information content (AvgIpc) is 2.59. The zero-order chi connectivity index (χ0) is 11.1. The molecule has 2 heterocycles. The quantitative estimate of drug-likeness (QED) is 0.820. The SMILES string of the molecule is O=C(O)c1cnc2c(cnn2C2CCC2)n1. The summed E-state index contributed by atoms with van der Waals surface area (Å²) in [6.45, 7) is 0. The maximum Gasteiger partial charge on any atom is 0.356 e. The fraction of sp³-hybridized carbons (Fsp3) is 0.400. The molecule has 2 aromatic heterocycles. The number of nitrogens with zero attached hydrogens (tertiary/aromatic N) is 4. The first kappa shape index (κ1) is 9.26. The molecule has 0 amide bonds. The van der Waals surface area contributed by atoms with Crippen LogP contribution >= 0.6 is 0 Å². The molecule has 0 radical (unpaired) electrons. The zero-order valence-corrected chi connectivity index (χ0v) is 8.50. The standard InChI is InChI=1S/C10H10N4O2/c15-10(16)8-4-11-9-7(13-8)5-12-14(9)6-2-1-3-6/h4-6H,1-3H2,(H,15,16). The summed E-state index contributed by atoms with van der Waals surface area (Å²) in [5, 5.41) is 13.0. The Balaban J connectivity index is 2.10. The van der Waals surface area contributed by atoms with Crippen LogP contribution < -0.4 is 0 Å². The summed E-state index contributed by atoms with van der Waals surface area (Å²) in [5.41, 5.74) is 1.18. The second-order valence-electron chi connectivity index (χ2n) is 3.94. The molecular weight excluding hydrogens is 208 g/mol. The molecule has 1 fully saturated rings. The third kappa shape index (κ3) is 1.26. The number of hydrogen-bond acceptors (Lipinski definition) is 4. The van der Waals surface area contributed by atoms with E-state index in [0.717, 1.165) is 12.8 Å². The van der Waals surface area contributed by atoms with Gasteiger partial charge in [0.15, 0.2) is 11.3 Å². The van der Waals surface area contributed by atoms with E-state index < -0.39 is 5.97 Å². The monoisotopic (exact) mass is 218 g/mol. The Hall–Kier alpha value is -1.98. The molecule has 2 aromatic rings. The summed E-state index contributed by atoms with van der Waals surface area (Å²) in [6.07, 6.45) is 6.29. The number of aromatic carboxylic acids is 1. The average molecular weight is 218 g/mol. The predicted molar refractivity (Wildman–Crippen MR) is 55.2 cm³/mol. The Morgan fingerprint density at radius 2 is 2.25 bits per heavy atom. The van der Waals surface area contributed by atoms with Crippen LogP contribution in [0.1, 0.15) is 35.8 Å². The minimum atomic E-state index is -1.06. The number of carbonyl (C=O) groups is 1. The second-order valence-corrected chi connectivity index (χ2v) is 3.94. The molecular formula is C10H10N4O2. The van der Waals surface area contributed by atoms with Gasteiger partial charge in [-0.1, -0.05) is 0 Å². The van der Waals surface area contributed by atoms with Gasteiger partial charge in [-0.2, -0.15) is 5.10 Å². The van der Waals surface area contributed by atoms with Gasteiger partial charge in [-0.3, -0.25) is 0 Å². The van der Waals surface area contributed by atoms with Crippen molar-refractivity contribution in [2.75, 3.05) is 0 Å². The van der Waals surface area contributed by atoms with E-state index in [1.54, 1.807) is 6.20 Å². The molecule has 0 saturated heterocycles. The molecule has 82 valence electrons. The van der Waals surface area contributed by atoms with Gasteiger partial charge in [0.25, 0.3) is 0 Å². The molecule has 3 rings (SSSR count). The number of carboxylic acids is 1. The topological polar surface area (TPSA) is 80.9 Å². The lowest BCUT2D eigenvalue weighted by molar-refractivity contribution is 0.0690. The van der Waals surface area contributed by atoms with Gasteiger partial charge in [0.1, 0.15) is 5.52 Å². The van der Waals surface area contributed by atoms with Crippen LogP contribution in [0.15, 0.2) is 12.4 Å². The zero-order valence-electron chi connectivity index (χ0n) is 8.50. The van der Waals surface area contributed by atoms with E-state index >= 15 is 0 Å². The number of rotatable bonds is 2. The van der Waals surface area contributed by atoms with Crippen molar-refractivity contribution in [3.63, 3.8) is 0 Å². The highest BCUT2D eigenvalue weighted by Gasteiger charge is 2.23. The highest BCUT2D eigenvalue weighted by Crippen LogP contribution is 2.32. The molecule has 0 unspecified atom stereocenters. The highest BCUT2D eigenvalue weighted by molar-refractivity contribution is 5.87. The number of hydrogen-bond donors (Lipinski definition) is 1. The van der Waals surface area contributed by atoms with E-state index in [9.17, 15) is 4.79 Å². The Kier molecular flexibility index (Phi) is 1.89. The van der Waals surface area contributed by atoms with Gasteiger partial charge in [-0.05, 0) is 19.3 Å². The van der Waals surface area contributed by atoms with Crippen LogP contribution in [-0.2, 0) is 0 Å². The second kappa shape index (κ2) is 3.26. The summed E-state index contributed by atoms with van der Waals surface area (Å²) in [7, 11) is 0. The van der Waals surface area contributed by atoms with Crippen LogP contribution in [0.4, 0.5) is 0 Å². The van der Waals surface area contributed by atoms with Gasteiger partial charge >= 0.3 is 5.97 Å². The molecule has 0 aromatic carbocycles.